The number of thiocarbonyl (C=S) groups is 1. The Morgan fingerprint density at radius 3 is 2.60 bits per heavy atom. The fraction of sp³-hybridized carbons (Fsp3) is 0.500. The lowest BCUT2D eigenvalue weighted by molar-refractivity contribution is -0.121. The summed E-state index contributed by atoms with van der Waals surface area (Å²) in [7, 11) is 0. The van der Waals surface area contributed by atoms with Crippen LogP contribution < -0.4 is 22.3 Å². The number of hydrogen-bond donors (Lipinski definition) is 4. The van der Waals surface area contributed by atoms with Crippen LogP contribution in [0.25, 0.3) is 0 Å². The van der Waals surface area contributed by atoms with Crippen LogP contribution in [0.5, 0.6) is 0 Å². The van der Waals surface area contributed by atoms with Crippen molar-refractivity contribution >= 4 is 23.2 Å². The summed E-state index contributed by atoms with van der Waals surface area (Å²) in [6.45, 7) is 0.415. The Morgan fingerprint density at radius 2 is 2.20 bits per heavy atom. The van der Waals surface area contributed by atoms with E-state index >= 15 is 0 Å². The Kier molecular flexibility index (Phi) is 4.51. The van der Waals surface area contributed by atoms with Gasteiger partial charge in [0.05, 0.1) is 0 Å². The third-order valence-corrected chi connectivity index (χ3v) is 0.957. The van der Waals surface area contributed by atoms with Gasteiger partial charge in [0.2, 0.25) is 5.91 Å². The molecule has 0 fully saturated rings. The van der Waals surface area contributed by atoms with Gasteiger partial charge in [-0.3, -0.25) is 10.2 Å². The third kappa shape index (κ3) is 5.26. The maximum absolute atomic E-state index is 10.4. The van der Waals surface area contributed by atoms with E-state index in [0.29, 0.717) is 6.54 Å². The average Bonchev–Trinajstić information content (AvgIpc) is 1.87. The first-order valence-electron chi connectivity index (χ1n) is 2.69. The van der Waals surface area contributed by atoms with Gasteiger partial charge in [0.15, 0.2) is 5.11 Å². The zero-order valence-electron chi connectivity index (χ0n) is 5.39. The Morgan fingerprint density at radius 1 is 1.60 bits per heavy atom. The number of nitrogens with two attached hydrogens (primary N) is 2. The third-order valence-electron chi connectivity index (χ3n) is 0.812. The number of amides is 1. The number of nitrogens with one attached hydrogen (secondary N) is 2. The highest BCUT2D eigenvalue weighted by Crippen LogP contribution is 1.73. The van der Waals surface area contributed by atoms with Crippen molar-refractivity contribution in [3.63, 3.8) is 0 Å². The number of rotatable bonds is 3. The highest BCUT2D eigenvalue weighted by molar-refractivity contribution is 7.80. The van der Waals surface area contributed by atoms with Crippen LogP contribution in [0.3, 0.4) is 0 Å². The van der Waals surface area contributed by atoms with E-state index in [1.165, 1.54) is 0 Å². The van der Waals surface area contributed by atoms with E-state index in [4.69, 9.17) is 11.6 Å². The van der Waals surface area contributed by atoms with Crippen LogP contribution in [0.1, 0.15) is 6.42 Å². The average molecular weight is 162 g/mol. The molecule has 0 rings (SSSR count). The van der Waals surface area contributed by atoms with Crippen LogP contribution >= 0.6 is 12.2 Å². The normalized spacial score (nSPS) is 8.50. The topological polar surface area (TPSA) is 93.2 Å². The van der Waals surface area contributed by atoms with E-state index in [-0.39, 0.29) is 17.4 Å². The molecular weight excluding hydrogens is 152 g/mol. The molecule has 0 aromatic heterocycles. The van der Waals surface area contributed by atoms with Crippen molar-refractivity contribution in [1.29, 1.82) is 0 Å². The molecule has 0 unspecified atom stereocenters. The molecule has 0 heterocycles. The predicted octanol–water partition coefficient (Wildman–Crippen LogP) is -1.80. The first kappa shape index (κ1) is 9.12. The molecule has 6 heteroatoms. The lowest BCUT2D eigenvalue weighted by Gasteiger charge is -2.01. The summed E-state index contributed by atoms with van der Waals surface area (Å²) in [5.41, 5.74) is 7.05. The summed E-state index contributed by atoms with van der Waals surface area (Å²) in [4.78, 5) is 10.4. The van der Waals surface area contributed by atoms with Crippen LogP contribution in [-0.4, -0.2) is 17.6 Å². The maximum Gasteiger partial charge on any atom is 0.235 e. The van der Waals surface area contributed by atoms with Gasteiger partial charge in [-0.1, -0.05) is 0 Å². The van der Waals surface area contributed by atoms with Gasteiger partial charge in [-0.15, -0.1) is 0 Å². The standard InChI is InChI=1S/C4H10N4OS/c5-4(10)7-2-1-3(9)8-6/h1-2,6H2,(H,8,9)(H3,5,7,10). The van der Waals surface area contributed by atoms with Crippen LogP contribution in [0.15, 0.2) is 0 Å². The van der Waals surface area contributed by atoms with E-state index < -0.39 is 0 Å². The molecular formula is C4H10N4OS. The molecule has 0 aromatic rings. The minimum absolute atomic E-state index is 0.185. The monoisotopic (exact) mass is 162 g/mol. The molecule has 10 heavy (non-hydrogen) atoms. The van der Waals surface area contributed by atoms with E-state index in [1.807, 2.05) is 5.43 Å². The molecule has 0 saturated heterocycles. The van der Waals surface area contributed by atoms with Gasteiger partial charge in [0, 0.05) is 13.0 Å². The summed E-state index contributed by atoms with van der Waals surface area (Å²) in [5, 5.41) is 2.79. The first-order valence-corrected chi connectivity index (χ1v) is 3.10. The molecule has 6 N–H and O–H groups in total. The molecule has 0 aliphatic rings. The van der Waals surface area contributed by atoms with Crippen LogP contribution in [0.4, 0.5) is 0 Å². The summed E-state index contributed by atoms with van der Waals surface area (Å²) >= 11 is 4.49. The van der Waals surface area contributed by atoms with Crippen molar-refractivity contribution in [3.05, 3.63) is 0 Å². The zero-order valence-corrected chi connectivity index (χ0v) is 6.20. The van der Waals surface area contributed by atoms with E-state index in [9.17, 15) is 4.79 Å². The number of carbonyl (C=O) groups is 1. The molecule has 0 bridgehead atoms. The lowest BCUT2D eigenvalue weighted by atomic mass is 10.4. The van der Waals surface area contributed by atoms with Crippen molar-refractivity contribution in [1.82, 2.24) is 10.7 Å². The summed E-state index contributed by atoms with van der Waals surface area (Å²) in [6, 6.07) is 0. The van der Waals surface area contributed by atoms with Crippen LogP contribution in [-0.2, 0) is 4.79 Å². The van der Waals surface area contributed by atoms with Gasteiger partial charge in [-0.2, -0.15) is 0 Å². The largest absolute Gasteiger partial charge is 0.376 e. The number of hydrazine groups is 1. The quantitative estimate of drug-likeness (QED) is 0.170. The van der Waals surface area contributed by atoms with Crippen LogP contribution in [0.2, 0.25) is 0 Å². The van der Waals surface area contributed by atoms with Gasteiger partial charge in [-0.25, -0.2) is 5.84 Å². The smallest absolute Gasteiger partial charge is 0.235 e. The van der Waals surface area contributed by atoms with Crippen molar-refractivity contribution in [2.45, 2.75) is 6.42 Å². The van der Waals surface area contributed by atoms with Gasteiger partial charge >= 0.3 is 0 Å². The molecule has 0 aromatic carbocycles. The molecule has 1 amide bonds. The first-order chi connectivity index (χ1) is 4.66. The Balaban J connectivity index is 3.20. The second-order valence-electron chi connectivity index (χ2n) is 1.61. The number of carbonyl (C=O) groups excluding carboxylic acids is 1. The second-order valence-corrected chi connectivity index (χ2v) is 2.05. The fourth-order valence-electron chi connectivity index (χ4n) is 0.371. The number of hydrogen-bond acceptors (Lipinski definition) is 3. The van der Waals surface area contributed by atoms with Crippen molar-refractivity contribution in [3.8, 4) is 0 Å². The van der Waals surface area contributed by atoms with Crippen LogP contribution in [0, 0.1) is 0 Å². The highest BCUT2D eigenvalue weighted by Gasteiger charge is 1.95. The fourth-order valence-corrected chi connectivity index (χ4v) is 0.473. The lowest BCUT2D eigenvalue weighted by Crippen LogP contribution is -2.35. The van der Waals surface area contributed by atoms with E-state index in [2.05, 4.69) is 17.5 Å². The van der Waals surface area contributed by atoms with Crippen molar-refractivity contribution in [2.75, 3.05) is 6.54 Å². The van der Waals surface area contributed by atoms with E-state index in [1.54, 1.807) is 0 Å². The summed E-state index contributed by atoms with van der Waals surface area (Å²) in [5.74, 6) is 4.55. The summed E-state index contributed by atoms with van der Waals surface area (Å²) in [6.07, 6.45) is 0.272. The summed E-state index contributed by atoms with van der Waals surface area (Å²) < 4.78 is 0. The minimum Gasteiger partial charge on any atom is -0.376 e. The Hall–Kier alpha value is -0.880. The SMILES string of the molecule is NNC(=O)CCNC(N)=S. The Bertz CT molecular complexity index is 137. The molecule has 0 radical (unpaired) electrons. The van der Waals surface area contributed by atoms with Gasteiger partial charge in [-0.05, 0) is 12.2 Å². The van der Waals surface area contributed by atoms with Gasteiger partial charge in [0.1, 0.15) is 0 Å². The van der Waals surface area contributed by atoms with E-state index in [0.717, 1.165) is 0 Å². The molecule has 5 nitrogen and oxygen atoms in total. The predicted molar refractivity (Wildman–Crippen MR) is 41.7 cm³/mol. The Labute approximate surface area is 64.1 Å². The molecule has 0 saturated carbocycles. The molecule has 0 atom stereocenters. The second kappa shape index (κ2) is 4.95. The molecule has 0 spiro atoms. The zero-order chi connectivity index (χ0) is 7.98. The maximum atomic E-state index is 10.4. The van der Waals surface area contributed by atoms with Crippen molar-refractivity contribution in [2.24, 2.45) is 11.6 Å². The van der Waals surface area contributed by atoms with Gasteiger partial charge in [0.25, 0.3) is 0 Å². The molecule has 0 aliphatic carbocycles. The highest BCUT2D eigenvalue weighted by atomic mass is 32.1. The molecule has 58 valence electrons. The van der Waals surface area contributed by atoms with Gasteiger partial charge < -0.3 is 11.1 Å². The molecule has 0 aliphatic heterocycles. The minimum atomic E-state index is -0.247. The van der Waals surface area contributed by atoms with Crippen molar-refractivity contribution < 1.29 is 4.79 Å².